The van der Waals surface area contributed by atoms with Gasteiger partial charge in [0.1, 0.15) is 0 Å². The molecule has 0 unspecified atom stereocenters. The van der Waals surface area contributed by atoms with E-state index in [2.05, 4.69) is 0 Å². The second-order valence-electron chi connectivity index (χ2n) is 1.47. The number of hydrogen-bond acceptors (Lipinski definition) is 7. The normalized spacial score (nSPS) is 5.86. The van der Waals surface area contributed by atoms with Gasteiger partial charge in [0.05, 0.1) is 0 Å². The van der Waals surface area contributed by atoms with Gasteiger partial charge in [0.2, 0.25) is 0 Å². The maximum atomic E-state index is 8.89. The maximum absolute atomic E-state index is 8.89. The number of rotatable bonds is 0. The molecule has 0 saturated heterocycles. The number of carbonyl (C=O) groups excluding carboxylic acids is 3. The van der Waals surface area contributed by atoms with Crippen LogP contribution >= 0.6 is 0 Å². The van der Waals surface area contributed by atoms with Gasteiger partial charge >= 0.3 is 26.4 Å². The van der Waals surface area contributed by atoms with Gasteiger partial charge in [-0.2, -0.15) is 0 Å². The van der Waals surface area contributed by atoms with Crippen molar-refractivity contribution in [3.63, 3.8) is 0 Å². The van der Waals surface area contributed by atoms with Gasteiger partial charge in [-0.1, -0.05) is 0 Å². The van der Waals surface area contributed by atoms with Crippen LogP contribution in [0.2, 0.25) is 0 Å². The van der Waals surface area contributed by atoms with Crippen molar-refractivity contribution in [3.8, 4) is 0 Å². The molecule has 7 nitrogen and oxygen atoms in total. The third kappa shape index (κ3) is 1670. The molecule has 1 N–H and O–H groups in total. The van der Waals surface area contributed by atoms with Gasteiger partial charge in [0.25, 0.3) is 0 Å². The van der Waals surface area contributed by atoms with Crippen LogP contribution in [0.25, 0.3) is 0 Å². The first kappa shape index (κ1) is 23.2. The molecule has 0 saturated carbocycles. The topological polar surface area (TPSA) is 141 Å². The van der Waals surface area contributed by atoms with Crippen LogP contribution in [0.15, 0.2) is 0 Å². The van der Waals surface area contributed by atoms with E-state index >= 15 is 0 Å². The van der Waals surface area contributed by atoms with Crippen LogP contribution in [0.5, 0.6) is 0 Å². The number of carboxylic acid groups (broad SMARTS) is 3. The summed E-state index contributed by atoms with van der Waals surface area (Å²) in [7, 11) is 0. The van der Waals surface area contributed by atoms with Gasteiger partial charge in [-0.15, -0.1) is 0 Å². The SMILES string of the molecule is CC(=O)[O-].CC(=O)[O-].CC(=O)[O-].[OH][Sn+3]. The summed E-state index contributed by atoms with van der Waals surface area (Å²) in [5, 5.41) is 26.7. The Bertz CT molecular complexity index is 116. The van der Waals surface area contributed by atoms with Gasteiger partial charge in [-0.3, -0.25) is 0 Å². The molecule has 14 heavy (non-hydrogen) atoms. The molecule has 0 fully saturated rings. The minimum atomic E-state index is -1.08. The standard InChI is InChI=1S/3C2H4O2.H2O.Sn/c3*1-2(3)4;;/h3*1H3,(H,3,4);1H2;/q;;;;+4/p-4. The molecule has 0 radical (unpaired) electrons. The van der Waals surface area contributed by atoms with E-state index in [9.17, 15) is 0 Å². The number of carboxylic acids is 3. The van der Waals surface area contributed by atoms with Crippen molar-refractivity contribution in [3.05, 3.63) is 0 Å². The van der Waals surface area contributed by atoms with Crippen LogP contribution in [-0.4, -0.2) is 44.3 Å². The van der Waals surface area contributed by atoms with Crippen molar-refractivity contribution >= 4 is 40.8 Å². The summed E-state index contributed by atoms with van der Waals surface area (Å²) in [5.74, 6) is -3.25. The summed E-state index contributed by atoms with van der Waals surface area (Å²) < 4.78 is 7.09. The molecule has 0 aromatic carbocycles. The van der Waals surface area contributed by atoms with Crippen molar-refractivity contribution in [2.45, 2.75) is 20.8 Å². The van der Waals surface area contributed by atoms with Gasteiger partial charge in [-0.25, -0.2) is 0 Å². The van der Waals surface area contributed by atoms with Crippen molar-refractivity contribution < 1.29 is 33.1 Å². The van der Waals surface area contributed by atoms with Crippen molar-refractivity contribution in [1.82, 2.24) is 0 Å². The summed E-state index contributed by atoms with van der Waals surface area (Å²) in [5.41, 5.74) is 0. The third-order valence-electron chi connectivity index (χ3n) is 0. The Morgan fingerprint density at radius 3 is 0.786 bits per heavy atom. The third-order valence-corrected chi connectivity index (χ3v) is 0. The van der Waals surface area contributed by atoms with Gasteiger partial charge in [0, 0.05) is 17.9 Å². The first-order valence-corrected chi connectivity index (χ1v) is 4.22. The van der Waals surface area contributed by atoms with E-state index in [1.807, 2.05) is 0 Å². The van der Waals surface area contributed by atoms with Gasteiger partial charge < -0.3 is 29.7 Å². The molecule has 80 valence electrons. The number of hydrogen-bond donors (Lipinski definition) is 1. The summed E-state index contributed by atoms with van der Waals surface area (Å²) in [6, 6.07) is 0. The van der Waals surface area contributed by atoms with Crippen molar-refractivity contribution in [2.24, 2.45) is 0 Å². The molecule has 0 rings (SSSR count). The fourth-order valence-electron chi connectivity index (χ4n) is 0. The summed E-state index contributed by atoms with van der Waals surface area (Å²) >= 11 is 0.550. The van der Waals surface area contributed by atoms with E-state index in [1.54, 1.807) is 0 Å². The molecule has 0 aliphatic heterocycles. The predicted octanol–water partition coefficient (Wildman–Crippen LogP) is -4.67. The van der Waals surface area contributed by atoms with E-state index in [1.165, 1.54) is 0 Å². The van der Waals surface area contributed by atoms with Crippen molar-refractivity contribution in [1.29, 1.82) is 0 Å². The molecule has 0 heterocycles. The Balaban J connectivity index is -0.0000000492. The molecule has 0 amide bonds. The van der Waals surface area contributed by atoms with E-state index in [4.69, 9.17) is 33.1 Å². The molecule has 0 aliphatic carbocycles. The zero-order chi connectivity index (χ0) is 12.7. The molecule has 0 bridgehead atoms. The van der Waals surface area contributed by atoms with E-state index in [0.29, 0.717) is 22.9 Å². The first-order valence-electron chi connectivity index (χ1n) is 2.95. The van der Waals surface area contributed by atoms with Crippen LogP contribution in [0.3, 0.4) is 0 Å². The van der Waals surface area contributed by atoms with Crippen LogP contribution in [0.1, 0.15) is 20.8 Å². The van der Waals surface area contributed by atoms with E-state index in [0.717, 1.165) is 20.8 Å². The second-order valence-corrected chi connectivity index (χ2v) is 1.47. The minimum absolute atomic E-state index is 0.550. The fourth-order valence-corrected chi connectivity index (χ4v) is 0. The van der Waals surface area contributed by atoms with Gasteiger partial charge in [-0.05, 0) is 20.8 Å². The molecular weight excluding hydrogens is 303 g/mol. The molecule has 0 atom stereocenters. The van der Waals surface area contributed by atoms with Crippen LogP contribution in [0, 0.1) is 0 Å². The fraction of sp³-hybridized carbons (Fsp3) is 0.500. The number of aliphatic carboxylic acids is 3. The summed E-state index contributed by atoms with van der Waals surface area (Å²) in [4.78, 5) is 26.7. The van der Waals surface area contributed by atoms with Crippen molar-refractivity contribution in [2.75, 3.05) is 0 Å². The zero-order valence-electron chi connectivity index (χ0n) is 7.90. The Morgan fingerprint density at radius 1 is 0.786 bits per heavy atom. The van der Waals surface area contributed by atoms with E-state index in [-0.39, 0.29) is 0 Å². The van der Waals surface area contributed by atoms with E-state index < -0.39 is 17.9 Å². The predicted molar refractivity (Wildman–Crippen MR) is 40.0 cm³/mol. The average Bonchev–Trinajstić information content (AvgIpc) is 1.86. The summed E-state index contributed by atoms with van der Waals surface area (Å²) in [6.07, 6.45) is 0. The monoisotopic (exact) mass is 314 g/mol. The van der Waals surface area contributed by atoms with Crippen LogP contribution < -0.4 is 15.3 Å². The quantitative estimate of drug-likeness (QED) is 0.443. The average molecular weight is 313 g/mol. The van der Waals surface area contributed by atoms with Gasteiger partial charge in [0.15, 0.2) is 0 Å². The molecule has 0 aromatic heterocycles. The molecule has 0 aromatic rings. The Labute approximate surface area is 95.0 Å². The molecule has 8 heteroatoms. The Kier molecular flexibility index (Phi) is 37.7. The zero-order valence-corrected chi connectivity index (χ0v) is 10.8. The Hall–Kier alpha value is -0.831. The molecule has 0 spiro atoms. The Morgan fingerprint density at radius 2 is 0.786 bits per heavy atom. The first-order chi connectivity index (χ1) is 6.20. The molecular formula is C6H10O7Sn. The van der Waals surface area contributed by atoms with Crippen LogP contribution in [0.4, 0.5) is 0 Å². The summed E-state index contributed by atoms with van der Waals surface area (Å²) in [6.45, 7) is 2.92. The second kappa shape index (κ2) is 22.7. The number of carbonyl (C=O) groups is 3. The molecule has 0 aliphatic rings. The van der Waals surface area contributed by atoms with Crippen LogP contribution in [-0.2, 0) is 14.4 Å².